The molecule has 6 nitrogen and oxygen atoms in total. The number of nitrogens with one attached hydrogen (secondary N) is 1. The Morgan fingerprint density at radius 2 is 2.04 bits per heavy atom. The fourth-order valence-electron chi connectivity index (χ4n) is 2.24. The highest BCUT2D eigenvalue weighted by atomic mass is 32.2. The normalized spacial score (nSPS) is 11.9. The van der Waals surface area contributed by atoms with Crippen LogP contribution < -0.4 is 9.46 Å². The third kappa shape index (κ3) is 4.33. The lowest BCUT2D eigenvalue weighted by Crippen LogP contribution is -2.29. The van der Waals surface area contributed by atoms with Gasteiger partial charge in [-0.15, -0.1) is 0 Å². The minimum atomic E-state index is -3.64. The van der Waals surface area contributed by atoms with E-state index in [1.165, 1.54) is 5.56 Å². The fraction of sp³-hybridized carbons (Fsp3) is 0.438. The predicted octanol–water partition coefficient (Wildman–Crippen LogP) is 2.77. The summed E-state index contributed by atoms with van der Waals surface area (Å²) in [6.45, 7) is 7.79. The summed E-state index contributed by atoms with van der Waals surface area (Å²) in [7, 11) is -3.64. The van der Waals surface area contributed by atoms with E-state index in [1.54, 1.807) is 13.8 Å². The molecule has 0 aliphatic carbocycles. The van der Waals surface area contributed by atoms with Crippen molar-refractivity contribution in [3.8, 4) is 5.75 Å². The lowest BCUT2D eigenvalue weighted by molar-refractivity contribution is 0.322. The summed E-state index contributed by atoms with van der Waals surface area (Å²) in [6, 6.07) is 7.79. The van der Waals surface area contributed by atoms with Crippen molar-refractivity contribution in [3.63, 3.8) is 0 Å². The number of sulfonamides is 1. The molecular formula is C16H22N2O4S. The molecule has 1 heterocycles. The second-order valence-electron chi connectivity index (χ2n) is 5.63. The summed E-state index contributed by atoms with van der Waals surface area (Å²) in [4.78, 5) is 0.0966. The Bertz CT molecular complexity index is 747. The molecule has 2 aromatic rings. The molecule has 0 aliphatic rings. The number of aryl methyl sites for hydroxylation is 2. The zero-order valence-corrected chi connectivity index (χ0v) is 14.6. The topological polar surface area (TPSA) is 81.4 Å². The van der Waals surface area contributed by atoms with Crippen LogP contribution >= 0.6 is 0 Å². The Morgan fingerprint density at radius 3 is 2.65 bits per heavy atom. The lowest BCUT2D eigenvalue weighted by atomic mass is 10.0. The van der Waals surface area contributed by atoms with Gasteiger partial charge in [0.15, 0.2) is 5.76 Å². The van der Waals surface area contributed by atoms with Gasteiger partial charge in [0.2, 0.25) is 10.0 Å². The van der Waals surface area contributed by atoms with Gasteiger partial charge in [0, 0.05) is 6.54 Å². The maximum Gasteiger partial charge on any atom is 0.246 e. The highest BCUT2D eigenvalue weighted by Gasteiger charge is 2.23. The quantitative estimate of drug-likeness (QED) is 0.785. The summed E-state index contributed by atoms with van der Waals surface area (Å²) in [6.07, 6.45) is 0. The van der Waals surface area contributed by atoms with Crippen molar-refractivity contribution in [2.24, 2.45) is 0 Å². The highest BCUT2D eigenvalue weighted by molar-refractivity contribution is 7.89. The molecule has 1 aromatic heterocycles. The Balaban J connectivity index is 1.92. The van der Waals surface area contributed by atoms with Crippen molar-refractivity contribution in [3.05, 3.63) is 41.3 Å². The number of rotatable bonds is 7. The molecule has 23 heavy (non-hydrogen) atoms. The van der Waals surface area contributed by atoms with E-state index >= 15 is 0 Å². The van der Waals surface area contributed by atoms with Gasteiger partial charge in [-0.1, -0.05) is 31.1 Å². The average Bonchev–Trinajstić information content (AvgIpc) is 2.84. The second-order valence-corrected chi connectivity index (χ2v) is 7.33. The Kier molecular flexibility index (Phi) is 5.43. The number of benzene rings is 1. The fourth-order valence-corrected chi connectivity index (χ4v) is 3.58. The van der Waals surface area contributed by atoms with E-state index < -0.39 is 10.0 Å². The van der Waals surface area contributed by atoms with E-state index in [1.807, 2.05) is 24.3 Å². The zero-order valence-electron chi connectivity index (χ0n) is 13.8. The van der Waals surface area contributed by atoms with E-state index in [0.717, 1.165) is 5.75 Å². The van der Waals surface area contributed by atoms with Gasteiger partial charge in [0.25, 0.3) is 0 Å². The minimum Gasteiger partial charge on any atom is -0.492 e. The second kappa shape index (κ2) is 7.14. The van der Waals surface area contributed by atoms with Crippen molar-refractivity contribution >= 4 is 10.0 Å². The molecule has 1 aromatic carbocycles. The summed E-state index contributed by atoms with van der Waals surface area (Å²) < 4.78 is 37.4. The van der Waals surface area contributed by atoms with Crippen LogP contribution in [0.1, 0.15) is 36.8 Å². The van der Waals surface area contributed by atoms with Crippen LogP contribution in [0, 0.1) is 13.8 Å². The Hall–Kier alpha value is -1.86. The van der Waals surface area contributed by atoms with Crippen LogP contribution in [0.5, 0.6) is 5.75 Å². The van der Waals surface area contributed by atoms with Crippen molar-refractivity contribution < 1.29 is 17.7 Å². The van der Waals surface area contributed by atoms with Gasteiger partial charge in [-0.25, -0.2) is 13.1 Å². The van der Waals surface area contributed by atoms with E-state index in [2.05, 4.69) is 23.7 Å². The molecule has 0 saturated heterocycles. The molecule has 0 amide bonds. The van der Waals surface area contributed by atoms with Crippen LogP contribution in [-0.2, 0) is 10.0 Å². The van der Waals surface area contributed by atoms with Gasteiger partial charge < -0.3 is 9.26 Å². The van der Waals surface area contributed by atoms with Crippen LogP contribution in [0.15, 0.2) is 33.7 Å². The third-order valence-corrected chi connectivity index (χ3v) is 5.13. The van der Waals surface area contributed by atoms with Crippen LogP contribution in [-0.4, -0.2) is 26.7 Å². The molecule has 7 heteroatoms. The third-order valence-electron chi connectivity index (χ3n) is 3.42. The molecule has 126 valence electrons. The smallest absolute Gasteiger partial charge is 0.246 e. The Morgan fingerprint density at radius 1 is 1.30 bits per heavy atom. The summed E-state index contributed by atoms with van der Waals surface area (Å²) in [5.41, 5.74) is 1.53. The maximum atomic E-state index is 12.2. The molecule has 0 atom stereocenters. The first kappa shape index (κ1) is 17.5. The highest BCUT2D eigenvalue weighted by Crippen LogP contribution is 2.20. The molecule has 0 spiro atoms. The van der Waals surface area contributed by atoms with Crippen LogP contribution in [0.3, 0.4) is 0 Å². The van der Waals surface area contributed by atoms with Crippen LogP contribution in [0.2, 0.25) is 0 Å². The Labute approximate surface area is 136 Å². The van der Waals surface area contributed by atoms with E-state index in [4.69, 9.17) is 9.26 Å². The first-order chi connectivity index (χ1) is 10.8. The van der Waals surface area contributed by atoms with Crippen LogP contribution in [0.4, 0.5) is 0 Å². The molecule has 0 aliphatic heterocycles. The lowest BCUT2D eigenvalue weighted by Gasteiger charge is -2.10. The largest absolute Gasteiger partial charge is 0.492 e. The number of hydrogen-bond acceptors (Lipinski definition) is 5. The van der Waals surface area contributed by atoms with Gasteiger partial charge in [-0.3, -0.25) is 0 Å². The maximum absolute atomic E-state index is 12.2. The molecule has 2 rings (SSSR count). The number of hydrogen-bond donors (Lipinski definition) is 1. The van der Waals surface area contributed by atoms with Gasteiger partial charge in [-0.2, -0.15) is 0 Å². The average molecular weight is 338 g/mol. The van der Waals surface area contributed by atoms with E-state index in [0.29, 0.717) is 11.6 Å². The molecule has 1 N–H and O–H groups in total. The van der Waals surface area contributed by atoms with Crippen molar-refractivity contribution in [1.82, 2.24) is 9.88 Å². The van der Waals surface area contributed by atoms with Gasteiger partial charge >= 0.3 is 0 Å². The van der Waals surface area contributed by atoms with Crippen molar-refractivity contribution in [1.29, 1.82) is 0 Å². The van der Waals surface area contributed by atoms with Crippen LogP contribution in [0.25, 0.3) is 0 Å². The standard InChI is InChI=1S/C16H22N2O4S/c1-11(2)14-6-5-7-15(10-14)21-9-8-17-23(19,20)16-12(3)18-22-13(16)4/h5-7,10-11,17H,8-9H2,1-4H3. The summed E-state index contributed by atoms with van der Waals surface area (Å²) in [5, 5.41) is 3.66. The van der Waals surface area contributed by atoms with E-state index in [-0.39, 0.29) is 23.8 Å². The van der Waals surface area contributed by atoms with Gasteiger partial charge in [0.1, 0.15) is 22.9 Å². The number of ether oxygens (including phenoxy) is 1. The minimum absolute atomic E-state index is 0.0966. The first-order valence-electron chi connectivity index (χ1n) is 7.46. The molecule has 0 fully saturated rings. The number of nitrogens with zero attached hydrogens (tertiary/aromatic N) is 1. The SMILES string of the molecule is Cc1noc(C)c1S(=O)(=O)NCCOc1cccc(C(C)C)c1. The van der Waals surface area contributed by atoms with Gasteiger partial charge in [-0.05, 0) is 37.5 Å². The molecule has 0 saturated carbocycles. The van der Waals surface area contributed by atoms with Crippen molar-refractivity contribution in [2.75, 3.05) is 13.2 Å². The first-order valence-corrected chi connectivity index (χ1v) is 8.95. The summed E-state index contributed by atoms with van der Waals surface area (Å²) >= 11 is 0. The predicted molar refractivity (Wildman–Crippen MR) is 87.2 cm³/mol. The monoisotopic (exact) mass is 338 g/mol. The van der Waals surface area contributed by atoms with E-state index in [9.17, 15) is 8.42 Å². The molecule has 0 unspecified atom stereocenters. The summed E-state index contributed by atoms with van der Waals surface area (Å²) in [5.74, 6) is 1.42. The van der Waals surface area contributed by atoms with Crippen molar-refractivity contribution in [2.45, 2.75) is 38.5 Å². The molecule has 0 bridgehead atoms. The van der Waals surface area contributed by atoms with Gasteiger partial charge in [0.05, 0.1) is 0 Å². The molecule has 0 radical (unpaired) electrons. The number of aromatic nitrogens is 1. The zero-order chi connectivity index (χ0) is 17.0. The molecular weight excluding hydrogens is 316 g/mol.